The number of amides is 1. The van der Waals surface area contributed by atoms with Gasteiger partial charge < -0.3 is 19.7 Å². The molecule has 1 aromatic heterocycles. The average Bonchev–Trinajstić information content (AvgIpc) is 2.91. The Balaban J connectivity index is 1.89. The first-order valence-electron chi connectivity index (χ1n) is 6.74. The summed E-state index contributed by atoms with van der Waals surface area (Å²) in [5, 5.41) is 11.5. The fourth-order valence-electron chi connectivity index (χ4n) is 1.89. The molecule has 0 aliphatic heterocycles. The molecule has 7 heteroatoms. The molecule has 0 radical (unpaired) electrons. The molecule has 0 spiro atoms. The van der Waals surface area contributed by atoms with Crippen molar-refractivity contribution in [3.63, 3.8) is 0 Å². The molecule has 1 heterocycles. The van der Waals surface area contributed by atoms with E-state index in [4.69, 9.17) is 4.74 Å². The van der Waals surface area contributed by atoms with Crippen LogP contribution in [0.3, 0.4) is 0 Å². The molecule has 1 aromatic carbocycles. The Morgan fingerprint density at radius 3 is 2.68 bits per heavy atom. The topological polar surface area (TPSA) is 93.5 Å². The van der Waals surface area contributed by atoms with Crippen LogP contribution >= 0.6 is 0 Å². The van der Waals surface area contributed by atoms with Gasteiger partial charge in [0.2, 0.25) is 0 Å². The van der Waals surface area contributed by atoms with Gasteiger partial charge in [0.15, 0.2) is 0 Å². The summed E-state index contributed by atoms with van der Waals surface area (Å²) in [4.78, 5) is 27.0. The smallest absolute Gasteiger partial charge is 0.408 e. The maximum Gasteiger partial charge on any atom is 0.408 e. The number of nitrogens with zero attached hydrogens (tertiary/aromatic N) is 2. The third kappa shape index (κ3) is 4.34. The third-order valence-electron chi connectivity index (χ3n) is 3.11. The lowest BCUT2D eigenvalue weighted by molar-refractivity contribution is -0.139. The molecular formula is C15H17N3O4. The third-order valence-corrected chi connectivity index (χ3v) is 3.11. The monoisotopic (exact) mass is 303 g/mol. The van der Waals surface area contributed by atoms with Gasteiger partial charge in [0.05, 0.1) is 6.54 Å². The normalized spacial score (nSPS) is 11.7. The first-order chi connectivity index (χ1) is 10.6. The Labute approximate surface area is 127 Å². The van der Waals surface area contributed by atoms with E-state index in [-0.39, 0.29) is 13.2 Å². The summed E-state index contributed by atoms with van der Waals surface area (Å²) in [7, 11) is 0. The summed E-state index contributed by atoms with van der Waals surface area (Å²) in [6.45, 7) is 1.93. The fraction of sp³-hybridized carbons (Fsp3) is 0.267. The predicted octanol–water partition coefficient (Wildman–Crippen LogP) is 1.57. The Bertz CT molecular complexity index is 639. The molecule has 0 fully saturated rings. The Kier molecular flexibility index (Phi) is 5.13. The zero-order valence-corrected chi connectivity index (χ0v) is 12.1. The minimum Gasteiger partial charge on any atom is -0.480 e. The molecular weight excluding hydrogens is 286 g/mol. The van der Waals surface area contributed by atoms with E-state index in [9.17, 15) is 14.7 Å². The van der Waals surface area contributed by atoms with Crippen LogP contribution in [0.4, 0.5) is 4.79 Å². The van der Waals surface area contributed by atoms with Crippen molar-refractivity contribution in [1.29, 1.82) is 0 Å². The highest BCUT2D eigenvalue weighted by Gasteiger charge is 2.21. The number of aryl methyl sites for hydroxylation is 1. The number of hydrogen-bond acceptors (Lipinski definition) is 4. The van der Waals surface area contributed by atoms with Gasteiger partial charge in [-0.1, -0.05) is 30.3 Å². The van der Waals surface area contributed by atoms with Crippen LogP contribution < -0.4 is 5.32 Å². The van der Waals surface area contributed by atoms with Crippen molar-refractivity contribution in [3.8, 4) is 0 Å². The van der Waals surface area contributed by atoms with Crippen LogP contribution in [0, 0.1) is 6.92 Å². The summed E-state index contributed by atoms with van der Waals surface area (Å²) in [6.07, 6.45) is 2.46. The number of aliphatic carboxylic acids is 1. The minimum absolute atomic E-state index is 0.0849. The van der Waals surface area contributed by atoms with Crippen LogP contribution in [0.25, 0.3) is 0 Å². The number of benzene rings is 1. The molecule has 2 N–H and O–H groups in total. The number of carboxylic acids is 1. The van der Waals surface area contributed by atoms with Gasteiger partial charge in [-0.2, -0.15) is 0 Å². The highest BCUT2D eigenvalue weighted by atomic mass is 16.5. The van der Waals surface area contributed by atoms with Gasteiger partial charge in [-0.05, 0) is 12.5 Å². The quantitative estimate of drug-likeness (QED) is 0.845. The van der Waals surface area contributed by atoms with Crippen LogP contribution in [0.1, 0.15) is 11.4 Å². The molecule has 0 saturated carbocycles. The van der Waals surface area contributed by atoms with Crippen molar-refractivity contribution in [2.24, 2.45) is 0 Å². The van der Waals surface area contributed by atoms with Crippen LogP contribution in [0.15, 0.2) is 42.7 Å². The van der Waals surface area contributed by atoms with E-state index in [1.165, 1.54) is 0 Å². The summed E-state index contributed by atoms with van der Waals surface area (Å²) in [5.74, 6) is -0.463. The standard InChI is InChI=1S/C15H17N3O4/c1-11-16-7-8-18(11)9-13(14(19)20)17-15(21)22-10-12-5-3-2-4-6-12/h2-8,13H,9-10H2,1H3,(H,17,21)(H,19,20). The van der Waals surface area contributed by atoms with Gasteiger partial charge in [-0.15, -0.1) is 0 Å². The second kappa shape index (κ2) is 7.26. The first kappa shape index (κ1) is 15.6. The molecule has 0 aliphatic carbocycles. The number of rotatable bonds is 6. The van der Waals surface area contributed by atoms with Gasteiger partial charge in [-0.25, -0.2) is 14.6 Å². The zero-order valence-electron chi connectivity index (χ0n) is 12.1. The lowest BCUT2D eigenvalue weighted by atomic mass is 10.2. The number of ether oxygens (including phenoxy) is 1. The van der Waals surface area contributed by atoms with Crippen molar-refractivity contribution >= 4 is 12.1 Å². The van der Waals surface area contributed by atoms with E-state index in [2.05, 4.69) is 10.3 Å². The van der Waals surface area contributed by atoms with E-state index >= 15 is 0 Å². The first-order valence-corrected chi connectivity index (χ1v) is 6.74. The van der Waals surface area contributed by atoms with Gasteiger partial charge in [0.1, 0.15) is 18.5 Å². The van der Waals surface area contributed by atoms with Crippen molar-refractivity contribution in [2.75, 3.05) is 0 Å². The summed E-state index contributed by atoms with van der Waals surface area (Å²) >= 11 is 0. The molecule has 1 amide bonds. The van der Waals surface area contributed by atoms with Gasteiger partial charge in [-0.3, -0.25) is 0 Å². The van der Waals surface area contributed by atoms with Crippen LogP contribution in [0.2, 0.25) is 0 Å². The number of aromatic nitrogens is 2. The summed E-state index contributed by atoms with van der Waals surface area (Å²) in [5.41, 5.74) is 0.829. The predicted molar refractivity (Wildman–Crippen MR) is 78.2 cm³/mol. The maximum atomic E-state index is 11.7. The molecule has 0 aliphatic rings. The Morgan fingerprint density at radius 2 is 2.09 bits per heavy atom. The maximum absolute atomic E-state index is 11.7. The second-order valence-corrected chi connectivity index (χ2v) is 4.72. The van der Waals surface area contributed by atoms with E-state index in [1.54, 1.807) is 23.9 Å². The number of nitrogens with one attached hydrogen (secondary N) is 1. The number of imidazole rings is 1. The lowest BCUT2D eigenvalue weighted by Gasteiger charge is -2.16. The molecule has 1 atom stereocenters. The highest BCUT2D eigenvalue weighted by Crippen LogP contribution is 2.02. The number of alkyl carbamates (subject to hydrolysis) is 1. The zero-order chi connectivity index (χ0) is 15.9. The largest absolute Gasteiger partial charge is 0.480 e. The summed E-state index contributed by atoms with van der Waals surface area (Å²) in [6, 6.07) is 8.07. The Hall–Kier alpha value is -2.83. The molecule has 2 rings (SSSR count). The van der Waals surface area contributed by atoms with Crippen molar-refractivity contribution in [1.82, 2.24) is 14.9 Å². The number of hydrogen-bond donors (Lipinski definition) is 2. The fourth-order valence-corrected chi connectivity index (χ4v) is 1.89. The molecule has 1 unspecified atom stereocenters. The van der Waals surface area contributed by atoms with E-state index in [0.717, 1.165) is 5.56 Å². The molecule has 2 aromatic rings. The van der Waals surface area contributed by atoms with Gasteiger partial charge in [0, 0.05) is 12.4 Å². The SMILES string of the molecule is Cc1nccn1CC(NC(=O)OCc1ccccc1)C(=O)O. The number of carbonyl (C=O) groups excluding carboxylic acids is 1. The van der Waals surface area contributed by atoms with Crippen molar-refractivity contribution in [3.05, 3.63) is 54.1 Å². The average molecular weight is 303 g/mol. The van der Waals surface area contributed by atoms with E-state index < -0.39 is 18.1 Å². The van der Waals surface area contributed by atoms with Gasteiger partial charge in [0.25, 0.3) is 0 Å². The molecule has 116 valence electrons. The van der Waals surface area contributed by atoms with Crippen LogP contribution in [-0.4, -0.2) is 32.8 Å². The van der Waals surface area contributed by atoms with Gasteiger partial charge >= 0.3 is 12.1 Å². The number of carboxylic acid groups (broad SMARTS) is 1. The second-order valence-electron chi connectivity index (χ2n) is 4.72. The minimum atomic E-state index is -1.13. The van der Waals surface area contributed by atoms with Crippen LogP contribution in [0.5, 0.6) is 0 Å². The molecule has 0 saturated heterocycles. The van der Waals surface area contributed by atoms with Crippen molar-refractivity contribution < 1.29 is 19.4 Å². The molecule has 22 heavy (non-hydrogen) atoms. The van der Waals surface area contributed by atoms with Crippen LogP contribution in [-0.2, 0) is 22.7 Å². The van der Waals surface area contributed by atoms with Crippen molar-refractivity contribution in [2.45, 2.75) is 26.1 Å². The lowest BCUT2D eigenvalue weighted by Crippen LogP contribution is -2.43. The molecule has 7 nitrogen and oxygen atoms in total. The Morgan fingerprint density at radius 1 is 1.36 bits per heavy atom. The number of carbonyl (C=O) groups is 2. The van der Waals surface area contributed by atoms with E-state index in [0.29, 0.717) is 5.82 Å². The summed E-state index contributed by atoms with van der Waals surface area (Å²) < 4.78 is 6.67. The molecule has 0 bridgehead atoms. The van der Waals surface area contributed by atoms with E-state index in [1.807, 2.05) is 30.3 Å². The highest BCUT2D eigenvalue weighted by molar-refractivity contribution is 5.79.